The highest BCUT2D eigenvalue weighted by atomic mass is 35.5. The number of halogens is 2. The Labute approximate surface area is 184 Å². The van der Waals surface area contributed by atoms with Gasteiger partial charge in [-0.3, -0.25) is 4.79 Å². The summed E-state index contributed by atoms with van der Waals surface area (Å²) in [5.74, 6) is 1.63. The number of hydrogen-bond donors (Lipinski definition) is 2. The van der Waals surface area contributed by atoms with Crippen LogP contribution in [0.3, 0.4) is 0 Å². The first-order valence-electron chi connectivity index (χ1n) is 8.72. The minimum absolute atomic E-state index is 0.161. The quantitative estimate of drug-likeness (QED) is 0.511. The Morgan fingerprint density at radius 2 is 1.79 bits per heavy atom. The molecule has 1 aromatic heterocycles. The van der Waals surface area contributed by atoms with Crippen LogP contribution in [0.4, 0.5) is 0 Å². The minimum Gasteiger partial charge on any atom is -0.483 e. The first-order chi connectivity index (χ1) is 13.9. The number of thiocarbonyl (C=S) groups is 1. The van der Waals surface area contributed by atoms with Crippen molar-refractivity contribution in [2.24, 2.45) is 0 Å². The van der Waals surface area contributed by atoms with Crippen molar-refractivity contribution in [3.05, 3.63) is 76.0 Å². The molecule has 150 valence electrons. The van der Waals surface area contributed by atoms with Crippen LogP contribution in [-0.4, -0.2) is 17.6 Å². The lowest BCUT2D eigenvalue weighted by atomic mass is 10.2. The SMILES string of the molecule is Cc1cc(Cl)ccc1OCC(=O)NC(=S)NCc1ccc(-c2ccc(Cl)cc2)o1. The van der Waals surface area contributed by atoms with Crippen LogP contribution < -0.4 is 15.4 Å². The maximum absolute atomic E-state index is 12.0. The van der Waals surface area contributed by atoms with Crippen LogP contribution in [0.5, 0.6) is 5.75 Å². The Hall–Kier alpha value is -2.54. The van der Waals surface area contributed by atoms with E-state index in [1.165, 1.54) is 0 Å². The van der Waals surface area contributed by atoms with Crippen molar-refractivity contribution in [2.45, 2.75) is 13.5 Å². The second-order valence-electron chi connectivity index (χ2n) is 6.20. The molecule has 5 nitrogen and oxygen atoms in total. The van der Waals surface area contributed by atoms with Gasteiger partial charge in [-0.25, -0.2) is 0 Å². The fourth-order valence-corrected chi connectivity index (χ4v) is 3.07. The van der Waals surface area contributed by atoms with Crippen LogP contribution >= 0.6 is 35.4 Å². The number of ether oxygens (including phenoxy) is 1. The molecular weight excluding hydrogens is 431 g/mol. The highest BCUT2D eigenvalue weighted by Gasteiger charge is 2.09. The number of amides is 1. The molecule has 0 atom stereocenters. The molecule has 0 fully saturated rings. The van der Waals surface area contributed by atoms with E-state index in [1.807, 2.05) is 31.2 Å². The fourth-order valence-electron chi connectivity index (χ4n) is 2.53. The van der Waals surface area contributed by atoms with Crippen molar-refractivity contribution < 1.29 is 13.9 Å². The zero-order valence-electron chi connectivity index (χ0n) is 15.5. The third-order valence-electron chi connectivity index (χ3n) is 3.96. The van der Waals surface area contributed by atoms with E-state index in [1.54, 1.807) is 30.3 Å². The lowest BCUT2D eigenvalue weighted by molar-refractivity contribution is -0.121. The summed E-state index contributed by atoms with van der Waals surface area (Å²) in [5, 5.41) is 6.97. The van der Waals surface area contributed by atoms with Gasteiger partial charge >= 0.3 is 0 Å². The molecule has 0 aliphatic carbocycles. The summed E-state index contributed by atoms with van der Waals surface area (Å²) in [6, 6.07) is 16.3. The van der Waals surface area contributed by atoms with Crippen molar-refractivity contribution in [1.29, 1.82) is 0 Å². The summed E-state index contributed by atoms with van der Waals surface area (Å²) in [5.41, 5.74) is 1.77. The molecule has 0 saturated carbocycles. The molecule has 0 radical (unpaired) electrons. The van der Waals surface area contributed by atoms with Gasteiger partial charge in [-0.1, -0.05) is 23.2 Å². The zero-order valence-corrected chi connectivity index (χ0v) is 17.8. The average Bonchev–Trinajstić information content (AvgIpc) is 3.15. The summed E-state index contributed by atoms with van der Waals surface area (Å²) in [4.78, 5) is 12.0. The first kappa shape index (κ1) is 21.2. The van der Waals surface area contributed by atoms with Crippen LogP contribution in [-0.2, 0) is 11.3 Å². The first-order valence-corrected chi connectivity index (χ1v) is 9.88. The molecule has 2 N–H and O–H groups in total. The molecule has 0 bridgehead atoms. The van der Waals surface area contributed by atoms with E-state index >= 15 is 0 Å². The summed E-state index contributed by atoms with van der Waals surface area (Å²) in [6.45, 7) is 2.03. The Kier molecular flexibility index (Phi) is 7.14. The number of carbonyl (C=O) groups is 1. The molecule has 0 aliphatic heterocycles. The number of nitrogens with one attached hydrogen (secondary N) is 2. The predicted molar refractivity (Wildman–Crippen MR) is 118 cm³/mol. The van der Waals surface area contributed by atoms with Crippen LogP contribution in [0.25, 0.3) is 11.3 Å². The summed E-state index contributed by atoms with van der Waals surface area (Å²) >= 11 is 16.9. The normalized spacial score (nSPS) is 10.4. The van der Waals surface area contributed by atoms with Gasteiger partial charge in [0.1, 0.15) is 17.3 Å². The molecular formula is C21H18Cl2N2O3S. The summed E-state index contributed by atoms with van der Waals surface area (Å²) < 4.78 is 11.3. The van der Waals surface area contributed by atoms with Gasteiger partial charge < -0.3 is 19.8 Å². The smallest absolute Gasteiger partial charge is 0.264 e. The van der Waals surface area contributed by atoms with Gasteiger partial charge in [-0.15, -0.1) is 0 Å². The van der Waals surface area contributed by atoms with Crippen LogP contribution in [0.1, 0.15) is 11.3 Å². The van der Waals surface area contributed by atoms with E-state index in [9.17, 15) is 4.79 Å². The third-order valence-corrected chi connectivity index (χ3v) is 4.70. The molecule has 3 rings (SSSR count). The van der Waals surface area contributed by atoms with Crippen molar-refractivity contribution >= 4 is 46.4 Å². The van der Waals surface area contributed by atoms with E-state index in [2.05, 4.69) is 10.6 Å². The van der Waals surface area contributed by atoms with Crippen molar-refractivity contribution in [2.75, 3.05) is 6.61 Å². The average molecular weight is 449 g/mol. The van der Waals surface area contributed by atoms with E-state index < -0.39 is 0 Å². The van der Waals surface area contributed by atoms with E-state index in [4.69, 9.17) is 44.6 Å². The van der Waals surface area contributed by atoms with Crippen LogP contribution in [0.2, 0.25) is 10.0 Å². The number of aryl methyl sites for hydroxylation is 1. The maximum Gasteiger partial charge on any atom is 0.264 e. The van der Waals surface area contributed by atoms with E-state index in [0.717, 1.165) is 16.9 Å². The molecule has 0 unspecified atom stereocenters. The lowest BCUT2D eigenvalue weighted by Gasteiger charge is -2.11. The molecule has 2 aromatic carbocycles. The van der Waals surface area contributed by atoms with Crippen molar-refractivity contribution in [3.63, 3.8) is 0 Å². The molecule has 3 aromatic rings. The van der Waals surface area contributed by atoms with Gasteiger partial charge in [0.25, 0.3) is 5.91 Å². The highest BCUT2D eigenvalue weighted by molar-refractivity contribution is 7.80. The Morgan fingerprint density at radius 1 is 1.07 bits per heavy atom. The third kappa shape index (κ3) is 6.22. The largest absolute Gasteiger partial charge is 0.483 e. The van der Waals surface area contributed by atoms with E-state index in [0.29, 0.717) is 28.1 Å². The molecule has 0 saturated heterocycles. The van der Waals surface area contributed by atoms with Crippen molar-refractivity contribution in [3.8, 4) is 17.1 Å². The van der Waals surface area contributed by atoms with Gasteiger partial charge in [-0.2, -0.15) is 0 Å². The Balaban J connectivity index is 1.45. The van der Waals surface area contributed by atoms with Crippen LogP contribution in [0, 0.1) is 6.92 Å². The molecule has 8 heteroatoms. The second kappa shape index (κ2) is 9.78. The lowest BCUT2D eigenvalue weighted by Crippen LogP contribution is -2.41. The summed E-state index contributed by atoms with van der Waals surface area (Å²) in [7, 11) is 0. The predicted octanol–water partition coefficient (Wildman–Crippen LogP) is 5.13. The van der Waals surface area contributed by atoms with Crippen molar-refractivity contribution in [1.82, 2.24) is 10.6 Å². The Morgan fingerprint density at radius 3 is 2.52 bits per heavy atom. The molecule has 0 spiro atoms. The number of furan rings is 1. The minimum atomic E-state index is -0.363. The zero-order chi connectivity index (χ0) is 20.8. The highest BCUT2D eigenvalue weighted by Crippen LogP contribution is 2.24. The monoisotopic (exact) mass is 448 g/mol. The van der Waals surface area contributed by atoms with Gasteiger partial charge in [0.15, 0.2) is 11.7 Å². The number of carbonyl (C=O) groups excluding carboxylic acids is 1. The van der Waals surface area contributed by atoms with Gasteiger partial charge in [-0.05, 0) is 79.3 Å². The topological polar surface area (TPSA) is 63.5 Å². The molecule has 1 heterocycles. The van der Waals surface area contributed by atoms with Crippen LogP contribution in [0.15, 0.2) is 59.0 Å². The standard InChI is InChI=1S/C21H18Cl2N2O3S/c1-13-10-16(23)6-8-18(13)27-12-20(26)25-21(29)24-11-17-7-9-19(28-17)14-2-4-15(22)5-3-14/h2-10H,11-12H2,1H3,(H2,24,25,26,29). The molecule has 1 amide bonds. The summed E-state index contributed by atoms with van der Waals surface area (Å²) in [6.07, 6.45) is 0. The number of benzene rings is 2. The Bertz CT molecular complexity index is 1020. The van der Waals surface area contributed by atoms with E-state index in [-0.39, 0.29) is 17.6 Å². The fraction of sp³-hybridized carbons (Fsp3) is 0.143. The molecule has 0 aliphatic rings. The van der Waals surface area contributed by atoms with Gasteiger partial charge in [0.05, 0.1) is 6.54 Å². The maximum atomic E-state index is 12.0. The number of hydrogen-bond acceptors (Lipinski definition) is 4. The molecule has 29 heavy (non-hydrogen) atoms. The number of rotatable bonds is 6. The van der Waals surface area contributed by atoms with Gasteiger partial charge in [0, 0.05) is 15.6 Å². The van der Waals surface area contributed by atoms with Gasteiger partial charge in [0.2, 0.25) is 0 Å². The second-order valence-corrected chi connectivity index (χ2v) is 7.48.